The maximum Gasteiger partial charge on any atom is 0.168 e. The van der Waals surface area contributed by atoms with Gasteiger partial charge in [0, 0.05) is 5.56 Å². The lowest BCUT2D eigenvalue weighted by molar-refractivity contribution is 1.12. The van der Waals surface area contributed by atoms with E-state index in [4.69, 9.17) is 0 Å². The fraction of sp³-hybridized carbons (Fsp3) is 0.0588. The predicted octanol–water partition coefficient (Wildman–Crippen LogP) is 3.86. The zero-order chi connectivity index (χ0) is 13.5. The molecule has 0 saturated heterocycles. The van der Waals surface area contributed by atoms with E-state index in [1.807, 2.05) is 18.2 Å². The smallest absolute Gasteiger partial charge is 0.168 e. The molecule has 0 fully saturated rings. The molecule has 4 aromatic rings. The highest BCUT2D eigenvalue weighted by Crippen LogP contribution is 2.23. The number of aromatic nitrogens is 3. The van der Waals surface area contributed by atoms with Crippen molar-refractivity contribution in [3.63, 3.8) is 0 Å². The van der Waals surface area contributed by atoms with Crippen LogP contribution in [-0.2, 0) is 0 Å². The van der Waals surface area contributed by atoms with Gasteiger partial charge in [-0.1, -0.05) is 48.0 Å². The Morgan fingerprint density at radius 2 is 1.60 bits per heavy atom. The fourth-order valence-corrected chi connectivity index (χ4v) is 2.53. The van der Waals surface area contributed by atoms with Crippen LogP contribution in [0.4, 0.5) is 0 Å². The fourth-order valence-electron chi connectivity index (χ4n) is 2.53. The SMILES string of the molecule is Cc1ccc(-c2nnc3ccc4ccccc4n23)cc1. The number of hydrogen-bond acceptors (Lipinski definition) is 2. The summed E-state index contributed by atoms with van der Waals surface area (Å²) in [5, 5.41) is 9.83. The lowest BCUT2D eigenvalue weighted by Gasteiger charge is -2.05. The third-order valence-electron chi connectivity index (χ3n) is 3.59. The number of fused-ring (bicyclic) bond motifs is 3. The predicted molar refractivity (Wildman–Crippen MR) is 80.7 cm³/mol. The van der Waals surface area contributed by atoms with Gasteiger partial charge in [-0.3, -0.25) is 4.40 Å². The van der Waals surface area contributed by atoms with Crippen LogP contribution in [0.1, 0.15) is 5.56 Å². The molecule has 0 aliphatic carbocycles. The van der Waals surface area contributed by atoms with Crippen molar-refractivity contribution < 1.29 is 0 Å². The van der Waals surface area contributed by atoms with Gasteiger partial charge >= 0.3 is 0 Å². The molecule has 2 aromatic heterocycles. The van der Waals surface area contributed by atoms with Gasteiger partial charge in [0.2, 0.25) is 0 Å². The second kappa shape index (κ2) is 4.17. The van der Waals surface area contributed by atoms with Crippen LogP contribution < -0.4 is 0 Å². The van der Waals surface area contributed by atoms with E-state index >= 15 is 0 Å². The Hall–Kier alpha value is -2.68. The average Bonchev–Trinajstić information content (AvgIpc) is 2.92. The molecule has 0 aliphatic heterocycles. The zero-order valence-corrected chi connectivity index (χ0v) is 11.1. The molecule has 3 nitrogen and oxygen atoms in total. The van der Waals surface area contributed by atoms with Crippen LogP contribution in [0.2, 0.25) is 0 Å². The summed E-state index contributed by atoms with van der Waals surface area (Å²) in [4.78, 5) is 0. The quantitative estimate of drug-likeness (QED) is 0.519. The van der Waals surface area contributed by atoms with Crippen molar-refractivity contribution in [2.75, 3.05) is 0 Å². The van der Waals surface area contributed by atoms with E-state index in [2.05, 4.69) is 64.0 Å². The lowest BCUT2D eigenvalue weighted by Crippen LogP contribution is -1.92. The first kappa shape index (κ1) is 11.2. The largest absolute Gasteiger partial charge is 0.275 e. The summed E-state index contributed by atoms with van der Waals surface area (Å²) in [6.45, 7) is 2.08. The number of rotatable bonds is 1. The van der Waals surface area contributed by atoms with Gasteiger partial charge in [-0.15, -0.1) is 10.2 Å². The van der Waals surface area contributed by atoms with Crippen LogP contribution in [-0.4, -0.2) is 14.6 Å². The maximum atomic E-state index is 4.36. The Labute approximate surface area is 116 Å². The second-order valence-corrected chi connectivity index (χ2v) is 4.98. The first-order valence-electron chi connectivity index (χ1n) is 6.63. The molecule has 0 radical (unpaired) electrons. The van der Waals surface area contributed by atoms with Gasteiger partial charge in [0.25, 0.3) is 0 Å². The molecule has 3 heteroatoms. The molecule has 0 atom stereocenters. The third kappa shape index (κ3) is 1.60. The zero-order valence-electron chi connectivity index (χ0n) is 11.1. The summed E-state index contributed by atoms with van der Waals surface area (Å²) in [5.41, 5.74) is 4.33. The molecule has 0 bridgehead atoms. The molecule has 96 valence electrons. The summed E-state index contributed by atoms with van der Waals surface area (Å²) in [5.74, 6) is 0.886. The summed E-state index contributed by atoms with van der Waals surface area (Å²) < 4.78 is 2.11. The molecule has 20 heavy (non-hydrogen) atoms. The van der Waals surface area contributed by atoms with Gasteiger partial charge in [-0.05, 0) is 30.5 Å². The molecule has 2 heterocycles. The average molecular weight is 259 g/mol. The van der Waals surface area contributed by atoms with Gasteiger partial charge in [0.05, 0.1) is 5.52 Å². The summed E-state index contributed by atoms with van der Waals surface area (Å²) in [6.07, 6.45) is 0. The van der Waals surface area contributed by atoms with Crippen LogP contribution in [0.15, 0.2) is 60.7 Å². The van der Waals surface area contributed by atoms with Crippen molar-refractivity contribution >= 4 is 16.6 Å². The number of pyridine rings is 1. The van der Waals surface area contributed by atoms with Gasteiger partial charge < -0.3 is 0 Å². The third-order valence-corrected chi connectivity index (χ3v) is 3.59. The minimum Gasteiger partial charge on any atom is -0.275 e. The Balaban J connectivity index is 2.09. The number of aryl methyl sites for hydroxylation is 1. The minimum atomic E-state index is 0.874. The number of nitrogens with zero attached hydrogens (tertiary/aromatic N) is 3. The highest BCUT2D eigenvalue weighted by molar-refractivity contribution is 5.83. The minimum absolute atomic E-state index is 0.874. The normalized spacial score (nSPS) is 11.2. The molecular formula is C17H13N3. The second-order valence-electron chi connectivity index (χ2n) is 4.98. The topological polar surface area (TPSA) is 30.2 Å². The molecule has 0 spiro atoms. The monoisotopic (exact) mass is 259 g/mol. The summed E-state index contributed by atoms with van der Waals surface area (Å²) >= 11 is 0. The molecular weight excluding hydrogens is 246 g/mol. The van der Waals surface area contributed by atoms with E-state index < -0.39 is 0 Å². The van der Waals surface area contributed by atoms with Gasteiger partial charge in [0.15, 0.2) is 11.5 Å². The summed E-state index contributed by atoms with van der Waals surface area (Å²) in [6, 6.07) is 20.8. The Kier molecular flexibility index (Phi) is 2.33. The van der Waals surface area contributed by atoms with E-state index in [-0.39, 0.29) is 0 Å². The first-order chi connectivity index (χ1) is 9.83. The highest BCUT2D eigenvalue weighted by Gasteiger charge is 2.10. The highest BCUT2D eigenvalue weighted by atomic mass is 15.2. The molecule has 4 rings (SSSR count). The van der Waals surface area contributed by atoms with Crippen LogP contribution in [0.3, 0.4) is 0 Å². The summed E-state index contributed by atoms with van der Waals surface area (Å²) in [7, 11) is 0. The van der Waals surface area contributed by atoms with Crippen molar-refractivity contribution in [2.24, 2.45) is 0 Å². The number of hydrogen-bond donors (Lipinski definition) is 0. The Morgan fingerprint density at radius 1 is 0.800 bits per heavy atom. The van der Waals surface area contributed by atoms with E-state index in [9.17, 15) is 0 Å². The van der Waals surface area contributed by atoms with Crippen LogP contribution in [0.5, 0.6) is 0 Å². The van der Waals surface area contributed by atoms with Crippen molar-refractivity contribution in [1.82, 2.24) is 14.6 Å². The van der Waals surface area contributed by atoms with Crippen LogP contribution >= 0.6 is 0 Å². The number of benzene rings is 2. The van der Waals surface area contributed by atoms with Gasteiger partial charge in [0.1, 0.15) is 0 Å². The molecule has 0 aliphatic rings. The molecule has 0 saturated carbocycles. The van der Waals surface area contributed by atoms with Crippen molar-refractivity contribution in [3.8, 4) is 11.4 Å². The van der Waals surface area contributed by atoms with Crippen molar-refractivity contribution in [3.05, 3.63) is 66.2 Å². The molecule has 0 amide bonds. The van der Waals surface area contributed by atoms with E-state index in [0.717, 1.165) is 22.6 Å². The Bertz CT molecular complexity index is 904. The molecule has 0 N–H and O–H groups in total. The lowest BCUT2D eigenvalue weighted by atomic mass is 10.1. The van der Waals surface area contributed by atoms with E-state index in [1.54, 1.807) is 0 Å². The standard InChI is InChI=1S/C17H13N3/c1-12-6-8-14(9-7-12)17-19-18-16-11-10-13-4-2-3-5-15(13)20(16)17/h2-11H,1H3. The van der Waals surface area contributed by atoms with E-state index in [1.165, 1.54) is 10.9 Å². The van der Waals surface area contributed by atoms with Crippen molar-refractivity contribution in [1.29, 1.82) is 0 Å². The van der Waals surface area contributed by atoms with Crippen LogP contribution in [0.25, 0.3) is 27.9 Å². The maximum absolute atomic E-state index is 4.36. The van der Waals surface area contributed by atoms with E-state index in [0.29, 0.717) is 0 Å². The van der Waals surface area contributed by atoms with Crippen molar-refractivity contribution in [2.45, 2.75) is 6.92 Å². The van der Waals surface area contributed by atoms with Gasteiger partial charge in [-0.25, -0.2) is 0 Å². The Morgan fingerprint density at radius 3 is 2.45 bits per heavy atom. The molecule has 0 unspecified atom stereocenters. The van der Waals surface area contributed by atoms with Gasteiger partial charge in [-0.2, -0.15) is 0 Å². The number of para-hydroxylation sites is 1. The van der Waals surface area contributed by atoms with Crippen LogP contribution in [0, 0.1) is 6.92 Å². The molecule has 2 aromatic carbocycles. The first-order valence-corrected chi connectivity index (χ1v) is 6.63.